The Morgan fingerprint density at radius 1 is 1.47 bits per heavy atom. The maximum absolute atomic E-state index is 13.9. The zero-order chi connectivity index (χ0) is 12.8. The van der Waals surface area contributed by atoms with Gasteiger partial charge in [-0.25, -0.2) is 8.78 Å². The minimum absolute atomic E-state index is 0.112. The van der Waals surface area contributed by atoms with Gasteiger partial charge in [-0.1, -0.05) is 0 Å². The van der Waals surface area contributed by atoms with Crippen LogP contribution in [-0.2, 0) is 10.2 Å². The minimum atomic E-state index is -1.10. The summed E-state index contributed by atoms with van der Waals surface area (Å²) in [5, 5.41) is 18.3. The average Bonchev–Trinajstić information content (AvgIpc) is 2.95. The Morgan fingerprint density at radius 2 is 2.06 bits per heavy atom. The second-order valence-electron chi connectivity index (χ2n) is 4.23. The van der Waals surface area contributed by atoms with Crippen LogP contribution in [0.25, 0.3) is 0 Å². The standard InChI is InChI=1S/C11H9BrF2O3/c12-5-3-6(13)10(17)8(9(5)14)11(1-2-11)4-7(15)16/h3,17H,1-2,4H2,(H,15,16). The van der Waals surface area contributed by atoms with E-state index in [1.165, 1.54) is 0 Å². The van der Waals surface area contributed by atoms with Crippen molar-refractivity contribution in [2.45, 2.75) is 24.7 Å². The number of hydrogen-bond acceptors (Lipinski definition) is 2. The molecule has 0 spiro atoms. The first-order valence-electron chi connectivity index (χ1n) is 4.96. The Hall–Kier alpha value is -1.17. The summed E-state index contributed by atoms with van der Waals surface area (Å²) >= 11 is 2.84. The van der Waals surface area contributed by atoms with Gasteiger partial charge in [0, 0.05) is 11.0 Å². The fraction of sp³-hybridized carbons (Fsp3) is 0.364. The average molecular weight is 307 g/mol. The van der Waals surface area contributed by atoms with Crippen molar-refractivity contribution in [3.8, 4) is 5.75 Å². The van der Waals surface area contributed by atoms with Gasteiger partial charge >= 0.3 is 5.97 Å². The molecule has 1 aliphatic rings. The zero-order valence-corrected chi connectivity index (χ0v) is 10.2. The number of hydrogen-bond donors (Lipinski definition) is 2. The second kappa shape index (κ2) is 3.94. The summed E-state index contributed by atoms with van der Waals surface area (Å²) in [6, 6.07) is 0.824. The minimum Gasteiger partial charge on any atom is -0.505 e. The van der Waals surface area contributed by atoms with Crippen LogP contribution in [0.1, 0.15) is 24.8 Å². The fourth-order valence-electron chi connectivity index (χ4n) is 2.03. The zero-order valence-electron chi connectivity index (χ0n) is 8.64. The van der Waals surface area contributed by atoms with Crippen LogP contribution < -0.4 is 0 Å². The second-order valence-corrected chi connectivity index (χ2v) is 5.08. The first kappa shape index (κ1) is 12.3. The summed E-state index contributed by atoms with van der Waals surface area (Å²) in [7, 11) is 0. The first-order valence-corrected chi connectivity index (χ1v) is 5.75. The van der Waals surface area contributed by atoms with Gasteiger partial charge in [-0.05, 0) is 34.8 Å². The summed E-state index contributed by atoms with van der Waals surface area (Å²) in [4.78, 5) is 10.7. The van der Waals surface area contributed by atoms with Gasteiger partial charge in [0.15, 0.2) is 11.6 Å². The Labute approximate surface area is 104 Å². The molecule has 0 aliphatic heterocycles. The van der Waals surface area contributed by atoms with Gasteiger partial charge in [0.05, 0.1) is 10.9 Å². The van der Waals surface area contributed by atoms with Crippen molar-refractivity contribution in [3.05, 3.63) is 27.7 Å². The molecule has 0 heterocycles. The highest BCUT2D eigenvalue weighted by atomic mass is 79.9. The monoisotopic (exact) mass is 306 g/mol. The summed E-state index contributed by atoms with van der Waals surface area (Å²) in [5.41, 5.74) is -1.20. The number of phenols is 1. The molecule has 0 amide bonds. The molecule has 1 fully saturated rings. The van der Waals surface area contributed by atoms with Crippen molar-refractivity contribution in [1.82, 2.24) is 0 Å². The van der Waals surface area contributed by atoms with Crippen LogP contribution >= 0.6 is 15.9 Å². The van der Waals surface area contributed by atoms with E-state index in [0.717, 1.165) is 6.07 Å². The highest BCUT2D eigenvalue weighted by Gasteiger charge is 2.50. The number of carboxylic acid groups (broad SMARTS) is 1. The van der Waals surface area contributed by atoms with Crippen LogP contribution in [-0.4, -0.2) is 16.2 Å². The lowest BCUT2D eigenvalue weighted by Gasteiger charge is -2.17. The third-order valence-electron chi connectivity index (χ3n) is 3.02. The lowest BCUT2D eigenvalue weighted by Crippen LogP contribution is -2.15. The highest BCUT2D eigenvalue weighted by Crippen LogP contribution is 2.55. The molecule has 0 aromatic heterocycles. The Morgan fingerprint density at radius 3 is 2.53 bits per heavy atom. The van der Waals surface area contributed by atoms with E-state index < -0.39 is 28.8 Å². The van der Waals surface area contributed by atoms with Gasteiger partial charge in [-0.2, -0.15) is 0 Å². The number of carboxylic acids is 1. The van der Waals surface area contributed by atoms with Gasteiger partial charge in [-0.3, -0.25) is 4.79 Å². The number of aliphatic carboxylic acids is 1. The molecular formula is C11H9BrF2O3. The van der Waals surface area contributed by atoms with E-state index in [1.807, 2.05) is 0 Å². The molecule has 2 N–H and O–H groups in total. The Bertz CT molecular complexity index is 472. The van der Waals surface area contributed by atoms with Gasteiger partial charge in [0.2, 0.25) is 0 Å². The number of halogens is 3. The predicted molar refractivity (Wildman–Crippen MR) is 58.9 cm³/mol. The van der Waals surface area contributed by atoms with Crippen LogP contribution in [0.5, 0.6) is 5.75 Å². The summed E-state index contributed by atoms with van der Waals surface area (Å²) in [5.74, 6) is -3.63. The summed E-state index contributed by atoms with van der Waals surface area (Å²) < 4.78 is 27.1. The molecule has 1 aromatic rings. The van der Waals surface area contributed by atoms with Crippen molar-refractivity contribution >= 4 is 21.9 Å². The molecular weight excluding hydrogens is 298 g/mol. The predicted octanol–water partition coefficient (Wildman–Crippen LogP) is 2.94. The quantitative estimate of drug-likeness (QED) is 0.844. The molecule has 0 unspecified atom stereocenters. The number of carbonyl (C=O) groups is 1. The molecule has 0 bridgehead atoms. The number of aromatic hydroxyl groups is 1. The molecule has 0 atom stereocenters. The van der Waals surface area contributed by atoms with E-state index in [-0.39, 0.29) is 16.5 Å². The van der Waals surface area contributed by atoms with E-state index in [1.54, 1.807) is 0 Å². The van der Waals surface area contributed by atoms with Crippen LogP contribution in [0.2, 0.25) is 0 Å². The van der Waals surface area contributed by atoms with Crippen LogP contribution in [0.4, 0.5) is 8.78 Å². The van der Waals surface area contributed by atoms with E-state index >= 15 is 0 Å². The van der Waals surface area contributed by atoms with E-state index in [4.69, 9.17) is 5.11 Å². The number of phenolic OH excluding ortho intramolecular Hbond substituents is 1. The molecule has 92 valence electrons. The summed E-state index contributed by atoms with van der Waals surface area (Å²) in [6.45, 7) is 0. The highest BCUT2D eigenvalue weighted by molar-refractivity contribution is 9.10. The Kier molecular flexibility index (Phi) is 2.85. The molecule has 0 saturated heterocycles. The van der Waals surface area contributed by atoms with E-state index in [9.17, 15) is 18.7 Å². The number of rotatable bonds is 3. The fourth-order valence-corrected chi connectivity index (χ4v) is 2.42. The lowest BCUT2D eigenvalue weighted by molar-refractivity contribution is -0.137. The van der Waals surface area contributed by atoms with Crippen molar-refractivity contribution in [3.63, 3.8) is 0 Å². The maximum atomic E-state index is 13.9. The molecule has 1 aliphatic carbocycles. The third-order valence-corrected chi connectivity index (χ3v) is 3.60. The normalized spacial score (nSPS) is 16.9. The molecule has 17 heavy (non-hydrogen) atoms. The SMILES string of the molecule is O=C(O)CC1(c2c(O)c(F)cc(Br)c2F)CC1. The van der Waals surface area contributed by atoms with Crippen molar-refractivity contribution in [2.75, 3.05) is 0 Å². The topological polar surface area (TPSA) is 57.5 Å². The van der Waals surface area contributed by atoms with Crippen molar-refractivity contribution < 1.29 is 23.8 Å². The molecule has 0 radical (unpaired) electrons. The molecule has 2 rings (SSSR count). The van der Waals surface area contributed by atoms with Gasteiger partial charge in [0.25, 0.3) is 0 Å². The Balaban J connectivity index is 2.55. The maximum Gasteiger partial charge on any atom is 0.304 e. The van der Waals surface area contributed by atoms with Gasteiger partial charge in [-0.15, -0.1) is 0 Å². The smallest absolute Gasteiger partial charge is 0.304 e. The van der Waals surface area contributed by atoms with Crippen molar-refractivity contribution in [2.24, 2.45) is 0 Å². The van der Waals surface area contributed by atoms with Crippen LogP contribution in [0.3, 0.4) is 0 Å². The molecule has 3 nitrogen and oxygen atoms in total. The van der Waals surface area contributed by atoms with E-state index in [2.05, 4.69) is 15.9 Å². The van der Waals surface area contributed by atoms with Crippen molar-refractivity contribution in [1.29, 1.82) is 0 Å². The van der Waals surface area contributed by atoms with Gasteiger partial charge in [0.1, 0.15) is 5.82 Å². The largest absolute Gasteiger partial charge is 0.505 e. The van der Waals surface area contributed by atoms with E-state index in [0.29, 0.717) is 12.8 Å². The van der Waals surface area contributed by atoms with Gasteiger partial charge < -0.3 is 10.2 Å². The molecule has 1 saturated carbocycles. The number of benzene rings is 1. The molecule has 6 heteroatoms. The van der Waals surface area contributed by atoms with Crippen LogP contribution in [0.15, 0.2) is 10.5 Å². The molecule has 1 aromatic carbocycles. The van der Waals surface area contributed by atoms with Crippen LogP contribution in [0, 0.1) is 11.6 Å². The first-order chi connectivity index (χ1) is 7.87. The summed E-state index contributed by atoms with van der Waals surface area (Å²) in [6.07, 6.45) is 0.548. The lowest BCUT2D eigenvalue weighted by atomic mass is 9.91. The third kappa shape index (κ3) is 2.01.